The van der Waals surface area contributed by atoms with E-state index < -0.39 is 0 Å². The first-order chi connectivity index (χ1) is 7.22. The Hall–Kier alpha value is -0.820. The summed E-state index contributed by atoms with van der Waals surface area (Å²) in [6, 6.07) is 0. The number of hydrogen-bond donors (Lipinski definition) is 0. The molecule has 2 rings (SSSR count). The Morgan fingerprint density at radius 3 is 2.87 bits per heavy atom. The Kier molecular flexibility index (Phi) is 3.11. The van der Waals surface area contributed by atoms with Gasteiger partial charge in [0.15, 0.2) is 5.82 Å². The third kappa shape index (κ3) is 2.07. The van der Waals surface area contributed by atoms with Crippen LogP contribution in [0.25, 0.3) is 10.8 Å². The fourth-order valence-electron chi connectivity index (χ4n) is 1.12. The van der Waals surface area contributed by atoms with E-state index in [0.717, 1.165) is 10.6 Å². The highest BCUT2D eigenvalue weighted by Gasteiger charge is 2.18. The lowest BCUT2D eigenvalue weighted by molar-refractivity contribution is 0.425. The van der Waals surface area contributed by atoms with Gasteiger partial charge in [-0.05, 0) is 17.5 Å². The molecule has 0 amide bonds. The van der Waals surface area contributed by atoms with Gasteiger partial charge >= 0.3 is 0 Å². The Bertz CT molecular complexity index is 453. The van der Waals surface area contributed by atoms with Gasteiger partial charge in [-0.15, -0.1) is 5.10 Å². The van der Waals surface area contributed by atoms with Gasteiger partial charge in [0.2, 0.25) is 0 Å². The summed E-state index contributed by atoms with van der Waals surface area (Å²) in [6.07, 6.45) is 0. The molecule has 0 unspecified atom stereocenters. The predicted molar refractivity (Wildman–Crippen MR) is 59.9 cm³/mol. The average molecular weight is 289 g/mol. The van der Waals surface area contributed by atoms with E-state index in [9.17, 15) is 0 Å². The summed E-state index contributed by atoms with van der Waals surface area (Å²) in [5.41, 5.74) is 0.907. The highest BCUT2D eigenvalue weighted by atomic mass is 79.9. The molecular weight excluding hydrogens is 280 g/mol. The van der Waals surface area contributed by atoms with Crippen molar-refractivity contribution in [1.82, 2.24) is 19.7 Å². The Labute approximate surface area is 99.2 Å². The van der Waals surface area contributed by atoms with E-state index in [1.165, 1.54) is 11.5 Å². The molecule has 0 atom stereocenters. The van der Waals surface area contributed by atoms with Crippen molar-refractivity contribution < 1.29 is 4.52 Å². The normalized spacial score (nSPS) is 11.2. The van der Waals surface area contributed by atoms with Crippen molar-refractivity contribution in [3.63, 3.8) is 0 Å². The minimum absolute atomic E-state index is 0.304. The molecule has 0 fully saturated rings. The molecule has 0 N–H and O–H groups in total. The molecule has 0 spiro atoms. The third-order valence-electron chi connectivity index (χ3n) is 1.84. The molecule has 7 heteroatoms. The number of rotatable bonds is 3. The van der Waals surface area contributed by atoms with Crippen molar-refractivity contribution in [2.24, 2.45) is 0 Å². The Morgan fingerprint density at radius 2 is 2.27 bits per heavy atom. The molecule has 80 valence electrons. The van der Waals surface area contributed by atoms with Gasteiger partial charge in [-0.1, -0.05) is 39.4 Å². The summed E-state index contributed by atoms with van der Waals surface area (Å²) >= 11 is 4.55. The molecule has 2 aromatic heterocycles. The van der Waals surface area contributed by atoms with Crippen LogP contribution in [0, 0.1) is 0 Å². The van der Waals surface area contributed by atoms with Crippen molar-refractivity contribution in [2.75, 3.05) is 0 Å². The molecule has 15 heavy (non-hydrogen) atoms. The summed E-state index contributed by atoms with van der Waals surface area (Å²) in [5.74, 6) is 1.44. The van der Waals surface area contributed by atoms with Gasteiger partial charge in [0, 0.05) is 0 Å². The summed E-state index contributed by atoms with van der Waals surface area (Å²) in [5, 5.41) is 8.45. The SMILES string of the molecule is CC(C)c1nnsc1-c1nc(CBr)no1. The zero-order valence-electron chi connectivity index (χ0n) is 8.27. The van der Waals surface area contributed by atoms with E-state index in [-0.39, 0.29) is 0 Å². The average Bonchev–Trinajstić information content (AvgIpc) is 2.85. The lowest BCUT2D eigenvalue weighted by Gasteiger charge is -1.98. The van der Waals surface area contributed by atoms with Crippen LogP contribution < -0.4 is 0 Å². The lowest BCUT2D eigenvalue weighted by atomic mass is 10.1. The van der Waals surface area contributed by atoms with Gasteiger partial charge < -0.3 is 4.52 Å². The van der Waals surface area contributed by atoms with Gasteiger partial charge in [0.25, 0.3) is 5.89 Å². The second-order valence-corrected chi connectivity index (χ2v) is 4.61. The van der Waals surface area contributed by atoms with Crippen molar-refractivity contribution >= 4 is 27.5 Å². The van der Waals surface area contributed by atoms with Crippen LogP contribution in [0.15, 0.2) is 4.52 Å². The molecule has 0 aromatic carbocycles. The molecule has 0 radical (unpaired) electrons. The topological polar surface area (TPSA) is 64.7 Å². The molecule has 0 bridgehead atoms. The van der Waals surface area contributed by atoms with Gasteiger partial charge in [-0.25, -0.2) is 0 Å². The summed E-state index contributed by atoms with van der Waals surface area (Å²) < 4.78 is 9.04. The monoisotopic (exact) mass is 288 g/mol. The Morgan fingerprint density at radius 1 is 1.47 bits per heavy atom. The maximum absolute atomic E-state index is 5.13. The number of halogens is 1. The van der Waals surface area contributed by atoms with Crippen LogP contribution in [-0.4, -0.2) is 19.7 Å². The third-order valence-corrected chi connectivity index (χ3v) is 3.07. The van der Waals surface area contributed by atoms with Crippen LogP contribution in [-0.2, 0) is 5.33 Å². The smallest absolute Gasteiger partial charge is 0.271 e. The second kappa shape index (κ2) is 4.36. The first-order valence-corrected chi connectivity index (χ1v) is 6.33. The molecule has 0 aliphatic heterocycles. The zero-order valence-corrected chi connectivity index (χ0v) is 10.7. The molecule has 0 saturated heterocycles. The first-order valence-electron chi connectivity index (χ1n) is 4.43. The van der Waals surface area contributed by atoms with Gasteiger partial charge in [-0.3, -0.25) is 0 Å². The van der Waals surface area contributed by atoms with Crippen LogP contribution >= 0.6 is 27.5 Å². The molecule has 0 aliphatic carbocycles. The van der Waals surface area contributed by atoms with Gasteiger partial charge in [-0.2, -0.15) is 4.98 Å². The largest absolute Gasteiger partial charge is 0.333 e. The van der Waals surface area contributed by atoms with Gasteiger partial charge in [0.05, 0.1) is 11.0 Å². The predicted octanol–water partition coefficient (Wildman–Crippen LogP) is 2.61. The summed E-state index contributed by atoms with van der Waals surface area (Å²) in [6.45, 7) is 4.12. The van der Waals surface area contributed by atoms with E-state index in [4.69, 9.17) is 4.52 Å². The van der Waals surface area contributed by atoms with E-state index >= 15 is 0 Å². The van der Waals surface area contributed by atoms with Crippen LogP contribution in [0.3, 0.4) is 0 Å². The van der Waals surface area contributed by atoms with Gasteiger partial charge in [0.1, 0.15) is 4.88 Å². The zero-order chi connectivity index (χ0) is 10.8. The lowest BCUT2D eigenvalue weighted by Crippen LogP contribution is -1.90. The standard InChI is InChI=1S/C8H9BrN4OS/c1-4(2)6-7(15-13-11-6)8-10-5(3-9)12-14-8/h4H,3H2,1-2H3. The number of alkyl halides is 1. The van der Waals surface area contributed by atoms with Crippen LogP contribution in [0.4, 0.5) is 0 Å². The van der Waals surface area contributed by atoms with Crippen LogP contribution in [0.5, 0.6) is 0 Å². The number of hydrogen-bond acceptors (Lipinski definition) is 6. The van der Waals surface area contributed by atoms with E-state index in [1.807, 2.05) is 0 Å². The maximum atomic E-state index is 5.13. The van der Waals surface area contributed by atoms with E-state index in [1.54, 1.807) is 0 Å². The van der Waals surface area contributed by atoms with Crippen LogP contribution in [0.2, 0.25) is 0 Å². The van der Waals surface area contributed by atoms with Crippen molar-refractivity contribution in [3.05, 3.63) is 11.5 Å². The molecule has 0 saturated carbocycles. The van der Waals surface area contributed by atoms with E-state index in [2.05, 4.69) is 49.5 Å². The highest BCUT2D eigenvalue weighted by molar-refractivity contribution is 9.08. The summed E-state index contributed by atoms with van der Waals surface area (Å²) in [7, 11) is 0. The maximum Gasteiger partial charge on any atom is 0.271 e. The van der Waals surface area contributed by atoms with Crippen LogP contribution in [0.1, 0.15) is 31.3 Å². The highest BCUT2D eigenvalue weighted by Crippen LogP contribution is 2.29. The minimum atomic E-state index is 0.304. The molecule has 0 aliphatic rings. The fraction of sp³-hybridized carbons (Fsp3) is 0.500. The second-order valence-electron chi connectivity index (χ2n) is 3.29. The number of nitrogens with zero attached hydrogens (tertiary/aromatic N) is 4. The first kappa shape index (κ1) is 10.7. The molecule has 5 nitrogen and oxygen atoms in total. The van der Waals surface area contributed by atoms with Crippen molar-refractivity contribution in [1.29, 1.82) is 0 Å². The number of aromatic nitrogens is 4. The molecule has 2 heterocycles. The fourth-order valence-corrected chi connectivity index (χ4v) is 2.09. The van der Waals surface area contributed by atoms with E-state index in [0.29, 0.717) is 23.0 Å². The summed E-state index contributed by atoms with van der Waals surface area (Å²) in [4.78, 5) is 5.09. The Balaban J connectivity index is 2.40. The quantitative estimate of drug-likeness (QED) is 0.813. The van der Waals surface area contributed by atoms with Crippen molar-refractivity contribution in [2.45, 2.75) is 25.1 Å². The van der Waals surface area contributed by atoms with Crippen molar-refractivity contribution in [3.8, 4) is 10.8 Å². The molecule has 2 aromatic rings. The molecular formula is C8H9BrN4OS. The minimum Gasteiger partial charge on any atom is -0.333 e.